The highest BCUT2D eigenvalue weighted by molar-refractivity contribution is 6.88. The third-order valence-electron chi connectivity index (χ3n) is 12.0. The number of carbonyl (C=O) groups is 4. The van der Waals surface area contributed by atoms with Crippen LogP contribution in [0.4, 0.5) is 4.79 Å². The normalized spacial score (nSPS) is 17.6. The molecule has 1 saturated carbocycles. The number of alkyl carbamates (subject to hydrolysis) is 1. The van der Waals surface area contributed by atoms with Crippen LogP contribution >= 0.6 is 0 Å². The molecule has 0 saturated heterocycles. The van der Waals surface area contributed by atoms with E-state index in [4.69, 9.17) is 40.1 Å². The van der Waals surface area contributed by atoms with Crippen molar-refractivity contribution in [3.8, 4) is 0 Å². The lowest BCUT2D eigenvalue weighted by Gasteiger charge is -2.46. The lowest BCUT2D eigenvalue weighted by atomic mass is 9.61. The van der Waals surface area contributed by atoms with E-state index in [9.17, 15) is 19.2 Å². The average Bonchev–Trinajstić information content (AvgIpc) is 3.18. The minimum atomic E-state index is -2.20. The Bertz CT molecular complexity index is 1660. The van der Waals surface area contributed by atoms with Gasteiger partial charge in [0.05, 0.1) is 13.2 Å². The highest BCUT2D eigenvalue weighted by Gasteiger charge is 2.43. The van der Waals surface area contributed by atoms with Crippen LogP contribution in [0.5, 0.6) is 0 Å². The molecule has 0 aromatic rings. The van der Waals surface area contributed by atoms with Gasteiger partial charge in [-0.05, 0) is 166 Å². The summed E-state index contributed by atoms with van der Waals surface area (Å²) in [6.07, 6.45) is 9.55. The number of ether oxygens (including phenoxy) is 5. The molecule has 1 rings (SSSR count). The van der Waals surface area contributed by atoms with Gasteiger partial charge in [0.15, 0.2) is 33.3 Å². The molecular weight excluding hydrogens is 1000 g/mol. The van der Waals surface area contributed by atoms with Gasteiger partial charge in [0, 0.05) is 30.2 Å². The molecule has 14 nitrogen and oxygen atoms in total. The molecule has 71 heavy (non-hydrogen) atoms. The number of carbonyl (C=O) groups excluding carboxylic acids is 4. The SMILES string of the molecule is C=C(C)C(=O)OCCC[Si](C)(C)O[Si](C)(C)O[Si](C)(C)CCCC.C=C(C)C(=O)OCCOC(=O)CCC1(C)CC(NC(=O)OCCOCCC[Si](C)(C)O[Si](C)(C)O[Si](C)(C)CCCC)CC(C)(C)C1. The number of unbranched alkanes of at least 4 members (excludes halogenated alkanes) is 2. The lowest BCUT2D eigenvalue weighted by molar-refractivity contribution is -0.150. The van der Waals surface area contributed by atoms with Crippen LogP contribution in [0.15, 0.2) is 24.3 Å². The zero-order valence-electron chi connectivity index (χ0n) is 48.6. The summed E-state index contributed by atoms with van der Waals surface area (Å²) in [6, 6.07) is 4.27. The van der Waals surface area contributed by atoms with Gasteiger partial charge in [-0.2, -0.15) is 0 Å². The number of hydrogen-bond acceptors (Lipinski definition) is 13. The molecular formula is C51H105NO13Si6. The smallest absolute Gasteiger partial charge is 0.407 e. The molecule has 0 radical (unpaired) electrons. The molecule has 2 unspecified atom stereocenters. The summed E-state index contributed by atoms with van der Waals surface area (Å²) in [7, 11) is -11.4. The van der Waals surface area contributed by atoms with Gasteiger partial charge in [0.25, 0.3) is 0 Å². The maximum Gasteiger partial charge on any atom is 0.407 e. The molecule has 1 amide bonds. The van der Waals surface area contributed by atoms with Crippen molar-refractivity contribution < 1.29 is 59.3 Å². The molecule has 1 N–H and O–H groups in total. The number of hydrogen-bond donors (Lipinski definition) is 1. The lowest BCUT2D eigenvalue weighted by Crippen LogP contribution is -2.52. The number of rotatable bonds is 34. The second kappa shape index (κ2) is 32.0. The Balaban J connectivity index is 0.00000171. The maximum atomic E-state index is 12.6. The van der Waals surface area contributed by atoms with E-state index in [-0.39, 0.29) is 55.1 Å². The fraction of sp³-hybridized carbons (Fsp3) is 0.843. The standard InChI is InChI=1S/C34H67NO9Si3.C17H38O4Si3/c1-13-14-23-45(7,8)43-47(11,12)44-46(9,10)24-15-18-39-19-20-42-32(38)35-29-25-33(4,5)27-34(6,26-29)17-16-30(36)40-21-22-41-31(37)28(2)3;1-10-11-14-22(4,5)20-24(8,9)21-23(6,7)15-12-13-19-17(18)16(2)3/h29H,2,13-27H2,1,3-12H3,(H,35,38);2,10-15H2,1,3-9H3. The Morgan fingerprint density at radius 2 is 0.930 bits per heavy atom. The molecule has 1 aliphatic carbocycles. The van der Waals surface area contributed by atoms with E-state index in [1.807, 2.05) is 0 Å². The summed E-state index contributed by atoms with van der Waals surface area (Å²) >= 11 is 0. The van der Waals surface area contributed by atoms with Gasteiger partial charge in [-0.1, -0.05) is 73.5 Å². The van der Waals surface area contributed by atoms with Crippen LogP contribution in [0.3, 0.4) is 0 Å². The molecule has 0 spiro atoms. The fourth-order valence-electron chi connectivity index (χ4n) is 9.82. The first-order valence-electron chi connectivity index (χ1n) is 26.5. The van der Waals surface area contributed by atoms with E-state index in [1.54, 1.807) is 13.8 Å². The molecule has 0 bridgehead atoms. The summed E-state index contributed by atoms with van der Waals surface area (Å²) < 4.78 is 53.0. The summed E-state index contributed by atoms with van der Waals surface area (Å²) in [6.45, 7) is 49.8. The highest BCUT2D eigenvalue weighted by Crippen LogP contribution is 2.48. The largest absolute Gasteiger partial charge is 0.462 e. The molecule has 2 atom stereocenters. The maximum absolute atomic E-state index is 12.6. The van der Waals surface area contributed by atoms with Crippen molar-refractivity contribution in [1.82, 2.24) is 5.32 Å². The van der Waals surface area contributed by atoms with Crippen LogP contribution in [0.1, 0.15) is 119 Å². The summed E-state index contributed by atoms with van der Waals surface area (Å²) in [5.74, 6) is -1.14. The van der Waals surface area contributed by atoms with Crippen LogP contribution in [-0.4, -0.2) is 120 Å². The summed E-state index contributed by atoms with van der Waals surface area (Å²) in [4.78, 5) is 47.8. The quantitative estimate of drug-likeness (QED) is 0.0213. The molecule has 0 aromatic carbocycles. The zero-order chi connectivity index (χ0) is 55.0. The van der Waals surface area contributed by atoms with Gasteiger partial charge in [-0.15, -0.1) is 0 Å². The van der Waals surface area contributed by atoms with E-state index in [2.05, 4.69) is 132 Å². The molecule has 0 aromatic heterocycles. The monoisotopic (exact) mass is 1110 g/mol. The van der Waals surface area contributed by atoms with Crippen LogP contribution in [0.2, 0.25) is 103 Å². The molecule has 416 valence electrons. The average molecular weight is 1110 g/mol. The highest BCUT2D eigenvalue weighted by atomic mass is 28.5. The third-order valence-corrected chi connectivity index (χ3v) is 34.9. The van der Waals surface area contributed by atoms with Crippen molar-refractivity contribution in [3.05, 3.63) is 24.3 Å². The van der Waals surface area contributed by atoms with E-state index in [0.717, 1.165) is 44.2 Å². The Hall–Kier alpha value is -1.74. The minimum Gasteiger partial charge on any atom is -0.462 e. The van der Waals surface area contributed by atoms with Crippen LogP contribution in [-0.2, 0) is 54.5 Å². The topological polar surface area (TPSA) is 163 Å². The molecule has 1 fully saturated rings. The number of nitrogens with one attached hydrogen (secondary N) is 1. The van der Waals surface area contributed by atoms with Crippen LogP contribution in [0, 0.1) is 10.8 Å². The third kappa shape index (κ3) is 35.2. The van der Waals surface area contributed by atoms with Gasteiger partial charge < -0.3 is 45.5 Å². The van der Waals surface area contributed by atoms with Crippen molar-refractivity contribution in [3.63, 3.8) is 0 Å². The minimum absolute atomic E-state index is 0.00422. The van der Waals surface area contributed by atoms with Crippen molar-refractivity contribution >= 4 is 74.4 Å². The van der Waals surface area contributed by atoms with Crippen molar-refractivity contribution in [2.45, 2.75) is 228 Å². The van der Waals surface area contributed by atoms with E-state index in [1.165, 1.54) is 37.8 Å². The van der Waals surface area contributed by atoms with E-state index >= 15 is 0 Å². The van der Waals surface area contributed by atoms with Crippen LogP contribution in [0.25, 0.3) is 0 Å². The van der Waals surface area contributed by atoms with Gasteiger partial charge in [-0.3, -0.25) is 4.79 Å². The van der Waals surface area contributed by atoms with Gasteiger partial charge in [0.2, 0.25) is 0 Å². The Kier molecular flexibility index (Phi) is 31.2. The second-order valence-corrected chi connectivity index (χ2v) is 49.3. The van der Waals surface area contributed by atoms with Crippen LogP contribution < -0.4 is 5.32 Å². The van der Waals surface area contributed by atoms with E-state index < -0.39 is 62.5 Å². The fourth-order valence-corrected chi connectivity index (χ4v) is 38.2. The molecule has 20 heteroatoms. The Labute approximate surface area is 439 Å². The molecule has 0 aliphatic heterocycles. The molecule has 1 aliphatic rings. The van der Waals surface area contributed by atoms with Gasteiger partial charge in [0.1, 0.15) is 19.8 Å². The van der Waals surface area contributed by atoms with Crippen molar-refractivity contribution in [1.29, 1.82) is 0 Å². The number of amides is 1. The Morgan fingerprint density at radius 1 is 0.535 bits per heavy atom. The summed E-state index contributed by atoms with van der Waals surface area (Å²) in [5, 5.41) is 3.05. The number of esters is 3. The Morgan fingerprint density at radius 3 is 1.37 bits per heavy atom. The van der Waals surface area contributed by atoms with Gasteiger partial charge >= 0.3 is 41.1 Å². The first-order valence-corrected chi connectivity index (χ1v) is 44.6. The second-order valence-electron chi connectivity index (χ2n) is 24.4. The predicted octanol–water partition coefficient (Wildman–Crippen LogP) is 13.5. The molecule has 0 heterocycles. The first-order chi connectivity index (χ1) is 32.4. The predicted molar refractivity (Wildman–Crippen MR) is 304 cm³/mol. The first kappa shape index (κ1) is 69.3. The zero-order valence-corrected chi connectivity index (χ0v) is 54.6. The summed E-state index contributed by atoms with van der Waals surface area (Å²) in [5.41, 5.74) is 0.597. The van der Waals surface area contributed by atoms with Crippen molar-refractivity contribution in [2.75, 3.05) is 39.6 Å². The van der Waals surface area contributed by atoms with E-state index in [0.29, 0.717) is 37.4 Å². The van der Waals surface area contributed by atoms with Crippen molar-refractivity contribution in [2.24, 2.45) is 10.8 Å². The van der Waals surface area contributed by atoms with Gasteiger partial charge in [-0.25, -0.2) is 14.4 Å².